The lowest BCUT2D eigenvalue weighted by molar-refractivity contribution is 0.0943. The third-order valence-corrected chi connectivity index (χ3v) is 5.90. The highest BCUT2D eigenvalue weighted by atomic mass is 32.2. The third-order valence-electron chi connectivity index (χ3n) is 4.13. The van der Waals surface area contributed by atoms with E-state index < -0.39 is 9.84 Å². The fourth-order valence-corrected chi connectivity index (χ4v) is 4.68. The molecule has 1 N–H and O–H groups in total. The van der Waals surface area contributed by atoms with Gasteiger partial charge in [0.2, 0.25) is 0 Å². The Morgan fingerprint density at radius 2 is 2.09 bits per heavy atom. The van der Waals surface area contributed by atoms with Gasteiger partial charge < -0.3 is 9.88 Å². The molecule has 118 valence electrons. The van der Waals surface area contributed by atoms with E-state index in [0.717, 1.165) is 10.9 Å². The van der Waals surface area contributed by atoms with Gasteiger partial charge in [-0.1, -0.05) is 6.07 Å². The van der Waals surface area contributed by atoms with E-state index in [4.69, 9.17) is 0 Å². The lowest BCUT2D eigenvalue weighted by Gasteiger charge is -2.13. The summed E-state index contributed by atoms with van der Waals surface area (Å²) < 4.78 is 25.1. The number of hydrogen-bond donors (Lipinski definition) is 1. The van der Waals surface area contributed by atoms with Crippen LogP contribution in [0.25, 0.3) is 10.9 Å². The van der Waals surface area contributed by atoms with Crippen LogP contribution in [-0.2, 0) is 9.84 Å². The third kappa shape index (κ3) is 2.75. The molecule has 6 heteroatoms. The van der Waals surface area contributed by atoms with E-state index in [0.29, 0.717) is 18.0 Å². The van der Waals surface area contributed by atoms with Crippen LogP contribution in [-0.4, -0.2) is 36.4 Å². The van der Waals surface area contributed by atoms with Crippen molar-refractivity contribution in [1.82, 2.24) is 9.88 Å². The average molecular weight is 320 g/mol. The van der Waals surface area contributed by atoms with Crippen LogP contribution in [0.3, 0.4) is 0 Å². The van der Waals surface area contributed by atoms with Crippen LogP contribution >= 0.6 is 0 Å². The molecule has 0 aliphatic carbocycles. The van der Waals surface area contributed by atoms with Crippen molar-refractivity contribution in [3.05, 3.63) is 36.0 Å². The van der Waals surface area contributed by atoms with E-state index in [-0.39, 0.29) is 23.5 Å². The minimum absolute atomic E-state index is 0.0434. The van der Waals surface area contributed by atoms with Crippen molar-refractivity contribution in [1.29, 1.82) is 0 Å². The SMILES string of the molecule is CC(C)n1ccc2c(C(=O)NC3CCS(=O)(=O)C3)cccc21. The van der Waals surface area contributed by atoms with Gasteiger partial charge in [-0.3, -0.25) is 4.79 Å². The van der Waals surface area contributed by atoms with Crippen LogP contribution in [0.1, 0.15) is 36.7 Å². The average Bonchev–Trinajstić information content (AvgIpc) is 3.01. The van der Waals surface area contributed by atoms with Gasteiger partial charge in [-0.2, -0.15) is 0 Å². The molecule has 1 amide bonds. The molecular formula is C16H20N2O3S. The van der Waals surface area contributed by atoms with Crippen LogP contribution in [0.2, 0.25) is 0 Å². The Labute approximate surface area is 130 Å². The number of carbonyl (C=O) groups excluding carboxylic acids is 1. The van der Waals surface area contributed by atoms with Gasteiger partial charge in [-0.05, 0) is 38.5 Å². The molecular weight excluding hydrogens is 300 g/mol. The summed E-state index contributed by atoms with van der Waals surface area (Å²) in [4.78, 5) is 12.5. The molecule has 5 nitrogen and oxygen atoms in total. The molecule has 22 heavy (non-hydrogen) atoms. The standard InChI is InChI=1S/C16H20N2O3S/c1-11(2)18-8-6-13-14(4-3-5-15(13)18)16(19)17-12-7-9-22(20,21)10-12/h3-6,8,11-12H,7,9-10H2,1-2H3,(H,17,19). The zero-order chi connectivity index (χ0) is 15.9. The van der Waals surface area contributed by atoms with Gasteiger partial charge in [0, 0.05) is 34.7 Å². The Kier molecular flexibility index (Phi) is 3.72. The molecule has 3 rings (SSSR count). The van der Waals surface area contributed by atoms with Crippen molar-refractivity contribution in [3.63, 3.8) is 0 Å². The van der Waals surface area contributed by atoms with E-state index >= 15 is 0 Å². The van der Waals surface area contributed by atoms with Crippen molar-refractivity contribution in [2.24, 2.45) is 0 Å². The lowest BCUT2D eigenvalue weighted by atomic mass is 10.1. The molecule has 1 atom stereocenters. The first kappa shape index (κ1) is 15.1. The lowest BCUT2D eigenvalue weighted by Crippen LogP contribution is -2.35. The van der Waals surface area contributed by atoms with Crippen LogP contribution < -0.4 is 5.32 Å². The number of sulfone groups is 1. The van der Waals surface area contributed by atoms with Gasteiger partial charge in [0.15, 0.2) is 9.84 Å². The molecule has 1 aromatic carbocycles. The Morgan fingerprint density at radius 3 is 2.73 bits per heavy atom. The number of rotatable bonds is 3. The summed E-state index contributed by atoms with van der Waals surface area (Å²) >= 11 is 0. The highest BCUT2D eigenvalue weighted by Gasteiger charge is 2.29. The number of nitrogens with one attached hydrogen (secondary N) is 1. The largest absolute Gasteiger partial charge is 0.348 e. The van der Waals surface area contributed by atoms with Gasteiger partial charge in [0.05, 0.1) is 11.5 Å². The molecule has 2 aromatic rings. The Balaban J connectivity index is 1.88. The molecule has 1 aliphatic rings. The summed E-state index contributed by atoms with van der Waals surface area (Å²) in [6.07, 6.45) is 2.48. The molecule has 1 fully saturated rings. The monoisotopic (exact) mass is 320 g/mol. The quantitative estimate of drug-likeness (QED) is 0.942. The maximum Gasteiger partial charge on any atom is 0.252 e. The van der Waals surface area contributed by atoms with Gasteiger partial charge >= 0.3 is 0 Å². The fraction of sp³-hybridized carbons (Fsp3) is 0.438. The molecule has 1 saturated heterocycles. The number of benzene rings is 1. The summed E-state index contributed by atoms with van der Waals surface area (Å²) in [6.45, 7) is 4.19. The second kappa shape index (κ2) is 5.43. The van der Waals surface area contributed by atoms with Crippen molar-refractivity contribution in [3.8, 4) is 0 Å². The zero-order valence-electron chi connectivity index (χ0n) is 12.7. The van der Waals surface area contributed by atoms with Crippen LogP contribution in [0, 0.1) is 0 Å². The molecule has 1 aliphatic heterocycles. The molecule has 2 heterocycles. The summed E-state index contributed by atoms with van der Waals surface area (Å²) in [5.41, 5.74) is 1.61. The van der Waals surface area contributed by atoms with E-state index in [2.05, 4.69) is 23.7 Å². The number of nitrogens with zero attached hydrogens (tertiary/aromatic N) is 1. The molecule has 0 radical (unpaired) electrons. The first-order chi connectivity index (χ1) is 10.4. The number of amides is 1. The van der Waals surface area contributed by atoms with Crippen molar-refractivity contribution < 1.29 is 13.2 Å². The zero-order valence-corrected chi connectivity index (χ0v) is 13.6. The summed E-state index contributed by atoms with van der Waals surface area (Å²) in [5.74, 6) is 0.00217. The topological polar surface area (TPSA) is 68.2 Å². The molecule has 0 spiro atoms. The maximum atomic E-state index is 12.5. The Bertz CT molecular complexity index is 821. The first-order valence-electron chi connectivity index (χ1n) is 7.48. The highest BCUT2D eigenvalue weighted by Crippen LogP contribution is 2.24. The number of carbonyl (C=O) groups is 1. The predicted octanol–water partition coefficient (Wildman–Crippen LogP) is 2.14. The van der Waals surface area contributed by atoms with Gasteiger partial charge in [0.1, 0.15) is 0 Å². The summed E-state index contributed by atoms with van der Waals surface area (Å²) in [6, 6.07) is 7.62. The molecule has 1 unspecified atom stereocenters. The van der Waals surface area contributed by atoms with Crippen LogP contribution in [0.4, 0.5) is 0 Å². The highest BCUT2D eigenvalue weighted by molar-refractivity contribution is 7.91. The van der Waals surface area contributed by atoms with Gasteiger partial charge in [0.25, 0.3) is 5.91 Å². The summed E-state index contributed by atoms with van der Waals surface area (Å²) in [7, 11) is -2.99. The normalized spacial score (nSPS) is 20.6. The Hall–Kier alpha value is -1.82. The second-order valence-electron chi connectivity index (χ2n) is 6.13. The van der Waals surface area contributed by atoms with Crippen LogP contribution in [0.5, 0.6) is 0 Å². The maximum absolute atomic E-state index is 12.5. The smallest absolute Gasteiger partial charge is 0.252 e. The van der Waals surface area contributed by atoms with E-state index in [9.17, 15) is 13.2 Å². The van der Waals surface area contributed by atoms with Crippen molar-refractivity contribution in [2.45, 2.75) is 32.4 Å². The fourth-order valence-electron chi connectivity index (χ4n) is 3.01. The predicted molar refractivity (Wildman–Crippen MR) is 86.8 cm³/mol. The first-order valence-corrected chi connectivity index (χ1v) is 9.30. The molecule has 0 saturated carbocycles. The van der Waals surface area contributed by atoms with Crippen molar-refractivity contribution >= 4 is 26.6 Å². The minimum atomic E-state index is -2.99. The van der Waals surface area contributed by atoms with E-state index in [1.54, 1.807) is 6.07 Å². The molecule has 0 bridgehead atoms. The molecule has 1 aromatic heterocycles. The number of hydrogen-bond acceptors (Lipinski definition) is 3. The number of aromatic nitrogens is 1. The van der Waals surface area contributed by atoms with Crippen molar-refractivity contribution in [2.75, 3.05) is 11.5 Å². The second-order valence-corrected chi connectivity index (χ2v) is 8.36. The summed E-state index contributed by atoms with van der Waals surface area (Å²) in [5, 5.41) is 3.75. The Morgan fingerprint density at radius 1 is 1.32 bits per heavy atom. The van der Waals surface area contributed by atoms with Gasteiger partial charge in [-0.25, -0.2) is 8.42 Å². The van der Waals surface area contributed by atoms with E-state index in [1.807, 2.05) is 24.4 Å². The number of fused-ring (bicyclic) bond motifs is 1. The van der Waals surface area contributed by atoms with Gasteiger partial charge in [-0.15, -0.1) is 0 Å². The minimum Gasteiger partial charge on any atom is -0.348 e. The van der Waals surface area contributed by atoms with Crippen LogP contribution in [0.15, 0.2) is 30.5 Å². The van der Waals surface area contributed by atoms with E-state index in [1.165, 1.54) is 0 Å².